The molecule has 23 heavy (non-hydrogen) atoms. The Morgan fingerprint density at radius 3 is 1.78 bits per heavy atom. The molecule has 0 unspecified atom stereocenters. The van der Waals surface area contributed by atoms with E-state index in [1.165, 1.54) is 77.0 Å². The fourth-order valence-corrected chi connectivity index (χ4v) is 2.71. The van der Waals surface area contributed by atoms with Crippen LogP contribution in [0, 0.1) is 0 Å². The predicted molar refractivity (Wildman–Crippen MR) is 103 cm³/mol. The first-order valence-corrected chi connectivity index (χ1v) is 10.2. The van der Waals surface area contributed by atoms with E-state index in [0.29, 0.717) is 6.42 Å². The molecule has 0 aliphatic rings. The molecule has 2 heteroatoms. The van der Waals surface area contributed by atoms with Crippen LogP contribution in [-0.4, -0.2) is 12.5 Å². The number of hydrogen-bond donors (Lipinski definition) is 1. The van der Waals surface area contributed by atoms with Crippen molar-refractivity contribution < 1.29 is 4.79 Å². The molecule has 0 aromatic rings. The van der Waals surface area contributed by atoms with Crippen molar-refractivity contribution in [1.82, 2.24) is 5.32 Å². The monoisotopic (exact) mass is 323 g/mol. The number of carbonyl (C=O) groups is 1. The van der Waals surface area contributed by atoms with Crippen LogP contribution in [0.5, 0.6) is 0 Å². The number of unbranched alkanes of at least 4 members (excludes halogenated alkanes) is 11. The third kappa shape index (κ3) is 19.2. The molecule has 1 amide bonds. The van der Waals surface area contributed by atoms with Crippen molar-refractivity contribution >= 4 is 5.91 Å². The number of nitrogens with one attached hydrogen (secondary N) is 1. The van der Waals surface area contributed by atoms with Crippen molar-refractivity contribution in [1.29, 1.82) is 0 Å². The molecular formula is C21H41NO. The Bertz CT molecular complexity index is 273. The topological polar surface area (TPSA) is 29.1 Å². The highest BCUT2D eigenvalue weighted by Gasteiger charge is 1.99. The smallest absolute Gasteiger partial charge is 0.219 e. The van der Waals surface area contributed by atoms with E-state index >= 15 is 0 Å². The molecule has 0 heterocycles. The first kappa shape index (κ1) is 22.2. The molecule has 0 aromatic carbocycles. The van der Waals surface area contributed by atoms with Crippen LogP contribution in [0.3, 0.4) is 0 Å². The van der Waals surface area contributed by atoms with Crippen molar-refractivity contribution in [3.8, 4) is 0 Å². The number of hydrogen-bond acceptors (Lipinski definition) is 1. The molecule has 136 valence electrons. The molecule has 0 saturated heterocycles. The molecule has 0 bridgehead atoms. The van der Waals surface area contributed by atoms with Gasteiger partial charge in [-0.2, -0.15) is 0 Å². The van der Waals surface area contributed by atoms with Crippen molar-refractivity contribution in [2.45, 2.75) is 110 Å². The normalized spacial score (nSPS) is 11.2. The Morgan fingerprint density at radius 1 is 0.696 bits per heavy atom. The van der Waals surface area contributed by atoms with Gasteiger partial charge in [-0.1, -0.05) is 77.4 Å². The first-order chi connectivity index (χ1) is 11.3. The van der Waals surface area contributed by atoms with E-state index in [9.17, 15) is 4.79 Å². The van der Waals surface area contributed by atoms with Crippen LogP contribution in [-0.2, 0) is 4.79 Å². The van der Waals surface area contributed by atoms with Crippen molar-refractivity contribution in [2.75, 3.05) is 6.54 Å². The number of rotatable bonds is 17. The maximum absolute atomic E-state index is 11.4. The lowest BCUT2D eigenvalue weighted by atomic mass is 10.1. The average Bonchev–Trinajstić information content (AvgIpc) is 2.56. The van der Waals surface area contributed by atoms with Crippen LogP contribution in [0.4, 0.5) is 0 Å². The van der Waals surface area contributed by atoms with E-state index in [2.05, 4.69) is 31.3 Å². The van der Waals surface area contributed by atoms with Gasteiger partial charge >= 0.3 is 0 Å². The highest BCUT2D eigenvalue weighted by Crippen LogP contribution is 2.09. The predicted octanol–water partition coefficient (Wildman–Crippen LogP) is 6.55. The molecule has 0 spiro atoms. The maximum Gasteiger partial charge on any atom is 0.219 e. The van der Waals surface area contributed by atoms with Crippen LogP contribution in [0.25, 0.3) is 0 Å². The summed E-state index contributed by atoms with van der Waals surface area (Å²) in [4.78, 5) is 11.4. The Morgan fingerprint density at radius 2 is 1.22 bits per heavy atom. The molecule has 0 aromatic heterocycles. The molecule has 1 N–H and O–H groups in total. The Labute approximate surface area is 145 Å². The van der Waals surface area contributed by atoms with E-state index in [1.807, 2.05) is 0 Å². The number of carbonyl (C=O) groups excluding carboxylic acids is 1. The highest BCUT2D eigenvalue weighted by atomic mass is 16.1. The summed E-state index contributed by atoms with van der Waals surface area (Å²) >= 11 is 0. The van der Waals surface area contributed by atoms with Gasteiger partial charge in [-0.25, -0.2) is 0 Å². The average molecular weight is 324 g/mol. The van der Waals surface area contributed by atoms with Crippen molar-refractivity contribution in [3.05, 3.63) is 12.2 Å². The summed E-state index contributed by atoms with van der Waals surface area (Å²) in [5.41, 5.74) is 0. The zero-order valence-corrected chi connectivity index (χ0v) is 15.9. The summed E-state index contributed by atoms with van der Waals surface area (Å²) in [5, 5.41) is 2.93. The lowest BCUT2D eigenvalue weighted by Gasteiger charge is -2.03. The summed E-state index contributed by atoms with van der Waals surface area (Å²) in [7, 11) is 0. The number of allylic oxidation sites excluding steroid dienone is 2. The SMILES string of the molecule is CCCCCCCC/C=C/CCCCCCCC(=O)NCCC. The summed E-state index contributed by atoms with van der Waals surface area (Å²) in [6, 6.07) is 0. The van der Waals surface area contributed by atoms with E-state index < -0.39 is 0 Å². The molecule has 2 nitrogen and oxygen atoms in total. The van der Waals surface area contributed by atoms with E-state index in [-0.39, 0.29) is 5.91 Å². The minimum atomic E-state index is 0.226. The maximum atomic E-state index is 11.4. The lowest BCUT2D eigenvalue weighted by molar-refractivity contribution is -0.121. The molecule has 0 atom stereocenters. The Hall–Kier alpha value is -0.790. The van der Waals surface area contributed by atoms with Gasteiger partial charge < -0.3 is 5.32 Å². The molecule has 0 fully saturated rings. The molecule has 0 rings (SSSR count). The van der Waals surface area contributed by atoms with E-state index in [1.54, 1.807) is 0 Å². The first-order valence-electron chi connectivity index (χ1n) is 10.2. The fourth-order valence-electron chi connectivity index (χ4n) is 2.71. The third-order valence-electron chi connectivity index (χ3n) is 4.24. The van der Waals surface area contributed by atoms with Gasteiger partial charge in [-0.15, -0.1) is 0 Å². The summed E-state index contributed by atoms with van der Waals surface area (Å²) in [5.74, 6) is 0.226. The van der Waals surface area contributed by atoms with Crippen LogP contribution in [0.1, 0.15) is 110 Å². The van der Waals surface area contributed by atoms with Gasteiger partial charge in [0.05, 0.1) is 0 Å². The van der Waals surface area contributed by atoms with Gasteiger partial charge in [0, 0.05) is 13.0 Å². The zero-order valence-electron chi connectivity index (χ0n) is 15.9. The van der Waals surface area contributed by atoms with Crippen LogP contribution >= 0.6 is 0 Å². The molecule has 0 aliphatic carbocycles. The lowest BCUT2D eigenvalue weighted by Crippen LogP contribution is -2.23. The summed E-state index contributed by atoms with van der Waals surface area (Å²) in [6.45, 7) is 5.18. The Kier molecular flexibility index (Phi) is 18.6. The highest BCUT2D eigenvalue weighted by molar-refractivity contribution is 5.75. The summed E-state index contributed by atoms with van der Waals surface area (Å²) < 4.78 is 0. The largest absolute Gasteiger partial charge is 0.356 e. The van der Waals surface area contributed by atoms with Crippen molar-refractivity contribution in [3.63, 3.8) is 0 Å². The zero-order chi connectivity index (χ0) is 17.0. The van der Waals surface area contributed by atoms with Gasteiger partial charge in [0.15, 0.2) is 0 Å². The standard InChI is InChI=1S/C21H41NO/c1-3-5-6-7-8-9-10-11-12-13-14-15-16-17-18-19-21(23)22-20-4-2/h11-12H,3-10,13-20H2,1-2H3,(H,22,23)/b12-11+. The van der Waals surface area contributed by atoms with Gasteiger partial charge in [0.2, 0.25) is 5.91 Å². The van der Waals surface area contributed by atoms with Crippen LogP contribution in [0.2, 0.25) is 0 Å². The van der Waals surface area contributed by atoms with Crippen molar-refractivity contribution in [2.24, 2.45) is 0 Å². The van der Waals surface area contributed by atoms with E-state index in [0.717, 1.165) is 19.4 Å². The van der Waals surface area contributed by atoms with E-state index in [4.69, 9.17) is 0 Å². The van der Waals surface area contributed by atoms with Gasteiger partial charge in [-0.3, -0.25) is 4.79 Å². The fraction of sp³-hybridized carbons (Fsp3) is 0.857. The molecular weight excluding hydrogens is 282 g/mol. The second kappa shape index (κ2) is 19.3. The number of amides is 1. The molecule has 0 radical (unpaired) electrons. The van der Waals surface area contributed by atoms with Crippen LogP contribution < -0.4 is 5.32 Å². The Balaban J connectivity index is 3.14. The second-order valence-corrected chi connectivity index (χ2v) is 6.68. The quantitative estimate of drug-likeness (QED) is 0.239. The van der Waals surface area contributed by atoms with Gasteiger partial charge in [-0.05, 0) is 38.5 Å². The molecule has 0 saturated carbocycles. The second-order valence-electron chi connectivity index (χ2n) is 6.68. The van der Waals surface area contributed by atoms with Crippen LogP contribution in [0.15, 0.2) is 12.2 Å². The minimum absolute atomic E-state index is 0.226. The minimum Gasteiger partial charge on any atom is -0.356 e. The van der Waals surface area contributed by atoms with Gasteiger partial charge in [0.25, 0.3) is 0 Å². The summed E-state index contributed by atoms with van der Waals surface area (Å²) in [6.07, 6.45) is 23.4. The third-order valence-corrected chi connectivity index (χ3v) is 4.24. The van der Waals surface area contributed by atoms with Gasteiger partial charge in [0.1, 0.15) is 0 Å². The molecule has 0 aliphatic heterocycles.